The minimum Gasteiger partial charge on any atom is 2.00 e. The van der Waals surface area contributed by atoms with Gasteiger partial charge in [-0.15, -0.1) is 0 Å². The first-order chi connectivity index (χ1) is 5.97. The van der Waals surface area contributed by atoms with E-state index in [1.807, 2.05) is 0 Å². The fourth-order valence-corrected chi connectivity index (χ4v) is 1.09. The molecule has 0 aliphatic rings. The molecule has 0 saturated carbocycles. The number of rotatable bonds is 0. The van der Waals surface area contributed by atoms with E-state index in [4.69, 9.17) is 31.6 Å². The first kappa shape index (κ1) is 19.8. The Morgan fingerprint density at radius 3 is 0.600 bits per heavy atom. The van der Waals surface area contributed by atoms with Crippen LogP contribution in [0.15, 0.2) is 0 Å². The maximum absolute atomic E-state index is 8.58. The molecule has 0 heterocycles. The molecule has 0 aromatic rings. The van der Waals surface area contributed by atoms with Crippen molar-refractivity contribution >= 4 is 0 Å². The van der Waals surface area contributed by atoms with Gasteiger partial charge in [0.1, 0.15) is 0 Å². The summed E-state index contributed by atoms with van der Waals surface area (Å²) in [6.07, 6.45) is 0. The van der Waals surface area contributed by atoms with Crippen LogP contribution in [0.4, 0.5) is 0 Å². The maximum atomic E-state index is 8.58. The molecule has 0 aromatic carbocycles. The molecule has 0 aromatic heterocycles. The summed E-state index contributed by atoms with van der Waals surface area (Å²) in [6, 6.07) is 0. The minimum atomic E-state index is -6.17. The van der Waals surface area contributed by atoms with Gasteiger partial charge < -0.3 is 0 Å². The fourth-order valence-electron chi connectivity index (χ4n) is 0.265. The molecule has 15 heavy (non-hydrogen) atoms. The van der Waals surface area contributed by atoms with Gasteiger partial charge in [0.2, 0.25) is 0 Å². The third-order valence-electron chi connectivity index (χ3n) is 1.19. The second kappa shape index (κ2) is 4.90. The van der Waals surface area contributed by atoms with Crippen molar-refractivity contribution in [3.05, 3.63) is 0 Å². The summed E-state index contributed by atoms with van der Waals surface area (Å²) >= 11 is 0. The molecule has 0 rings (SSSR count). The van der Waals surface area contributed by atoms with Crippen molar-refractivity contribution in [2.24, 2.45) is 0 Å². The summed E-state index contributed by atoms with van der Waals surface area (Å²) in [7, 11) is -6.17. The molecule has 0 radical (unpaired) electrons. The van der Waals surface area contributed by atoms with E-state index in [-0.39, 0.29) is 55.3 Å². The Kier molecular flexibility index (Phi) is 6.48. The van der Waals surface area contributed by atoms with Gasteiger partial charge in [0.15, 0.2) is 0 Å². The van der Waals surface area contributed by atoms with Gasteiger partial charge in [-0.05, 0) is 0 Å². The van der Waals surface area contributed by atoms with Crippen molar-refractivity contribution in [3.8, 4) is 29.8 Å². The Labute approximate surface area is 126 Å². The summed E-state index contributed by atoms with van der Waals surface area (Å²) < 4.78 is 0. The van der Waals surface area contributed by atoms with Gasteiger partial charge >= 0.3 is 127 Å². The summed E-state index contributed by atoms with van der Waals surface area (Å²) in [5.41, 5.74) is 0. The quantitative estimate of drug-likeness (QED) is 0.355. The number of nitriles is 6. The van der Waals surface area contributed by atoms with E-state index >= 15 is 0 Å². The number of hydrogen-bond donors (Lipinski definition) is 0. The standard InChI is InChI=1S/6CN.Fe.2Hg/c6*1-2;;;/q;;;;;;-4;2*+2. The van der Waals surface area contributed by atoms with E-state index < -0.39 is 10.7 Å². The predicted octanol–water partition coefficient (Wildman–Crippen LogP) is 0.0932. The van der Waals surface area contributed by atoms with Gasteiger partial charge in [0, 0.05) is 0 Å². The summed E-state index contributed by atoms with van der Waals surface area (Å²) in [6.45, 7) is 0. The molecule has 0 atom stereocenters. The fraction of sp³-hybridized carbons (Fsp3) is 0. The largest absolute Gasteiger partial charge is 2.00 e. The van der Waals surface area contributed by atoms with Crippen molar-refractivity contribution in [2.45, 2.75) is 0 Å². The number of nitrogens with zero attached hydrogens (tertiary/aromatic N) is 6. The van der Waals surface area contributed by atoms with Crippen LogP contribution in [0, 0.1) is 61.4 Å². The predicted molar refractivity (Wildman–Crippen MR) is 33.7 cm³/mol. The van der Waals surface area contributed by atoms with Crippen LogP contribution in [0.5, 0.6) is 0 Å². The van der Waals surface area contributed by atoms with E-state index in [1.165, 1.54) is 0 Å². The number of hydrogen-bond acceptors (Lipinski definition) is 6. The van der Waals surface area contributed by atoms with Gasteiger partial charge in [0.05, 0.1) is 0 Å². The first-order valence-electron chi connectivity index (χ1n) is 2.40. The van der Waals surface area contributed by atoms with Gasteiger partial charge in [-0.2, -0.15) is 0 Å². The summed E-state index contributed by atoms with van der Waals surface area (Å²) in [5.74, 6) is 0. The van der Waals surface area contributed by atoms with E-state index in [2.05, 4.69) is 0 Å². The van der Waals surface area contributed by atoms with Crippen LogP contribution in [0.2, 0.25) is 0 Å². The Hall–Kier alpha value is -0.670. The molecule has 6 nitrogen and oxygen atoms in total. The molecule has 0 bridgehead atoms. The third-order valence-corrected chi connectivity index (χ3v) is 4.89. The average molecular weight is 613 g/mol. The van der Waals surface area contributed by atoms with E-state index in [0.29, 0.717) is 0 Å². The Morgan fingerprint density at radius 1 is 0.467 bits per heavy atom. The van der Waals surface area contributed by atoms with Crippen molar-refractivity contribution in [1.29, 1.82) is 31.6 Å². The van der Waals surface area contributed by atoms with Crippen molar-refractivity contribution in [2.75, 3.05) is 0 Å². The van der Waals surface area contributed by atoms with Gasteiger partial charge in [0.25, 0.3) is 0 Å². The normalized spacial score (nSPS) is 11.6. The molecule has 9 heteroatoms. The molecule has 0 amide bonds. The van der Waals surface area contributed by atoms with Crippen LogP contribution in [0.25, 0.3) is 0 Å². The Morgan fingerprint density at radius 2 is 0.600 bits per heavy atom. The molecule has 0 unspecified atom stereocenters. The van der Waals surface area contributed by atoms with E-state index in [9.17, 15) is 0 Å². The zero-order chi connectivity index (χ0) is 10.7. The van der Waals surface area contributed by atoms with E-state index in [1.54, 1.807) is 0 Å². The van der Waals surface area contributed by atoms with Crippen molar-refractivity contribution in [1.82, 2.24) is 0 Å². The summed E-state index contributed by atoms with van der Waals surface area (Å²) in [5, 5.41) is 51.5. The monoisotopic (exact) mass is 616 g/mol. The Bertz CT molecular complexity index is 395. The van der Waals surface area contributed by atoms with Gasteiger partial charge in [-0.3, -0.25) is 0 Å². The topological polar surface area (TPSA) is 143 Å². The second-order valence-corrected chi connectivity index (χ2v) is 7.42. The van der Waals surface area contributed by atoms with Crippen LogP contribution < -0.4 is 0 Å². The first-order valence-corrected chi connectivity index (χ1v) is 5.71. The molecule has 66 valence electrons. The average Bonchev–Trinajstić information content (AvgIpc) is 2.26. The summed E-state index contributed by atoms with van der Waals surface area (Å²) in [4.78, 5) is 6.19. The van der Waals surface area contributed by atoms with Crippen LogP contribution in [-0.4, -0.2) is 0 Å². The zero-order valence-electron chi connectivity index (χ0n) is 7.45. The molecule has 0 aliphatic heterocycles. The van der Waals surface area contributed by atoms with Crippen molar-refractivity contribution < 1.29 is 66.1 Å². The molecular formula is C6FeHg2N6. The zero-order valence-corrected chi connectivity index (χ0v) is 19.6. The second-order valence-electron chi connectivity index (χ2n) is 1.80. The molecule has 0 fully saturated rings. The van der Waals surface area contributed by atoms with E-state index in [0.717, 1.165) is 29.8 Å². The van der Waals surface area contributed by atoms with Gasteiger partial charge in [-0.1, -0.05) is 0 Å². The maximum Gasteiger partial charge on any atom is 2.00 e. The SMILES string of the molecule is N#[C][Fe-4]([C]#N)([C]#N)([C]#N)([C]#N)[C]#N.[Hg+2].[Hg+2]. The molecule has 0 aliphatic carbocycles. The smallest absolute Gasteiger partial charge is 2.00 e. The van der Waals surface area contributed by atoms with Crippen LogP contribution >= 0.6 is 0 Å². The molecule has 0 spiro atoms. The molecular weight excluding hydrogens is 613 g/mol. The van der Waals surface area contributed by atoms with Gasteiger partial charge in [-0.25, -0.2) is 0 Å². The minimum absolute atomic E-state index is 0. The van der Waals surface area contributed by atoms with Crippen LogP contribution in [0.1, 0.15) is 0 Å². The van der Waals surface area contributed by atoms with Crippen LogP contribution in [0.3, 0.4) is 0 Å². The molecule has 0 N–H and O–H groups in total. The van der Waals surface area contributed by atoms with Crippen molar-refractivity contribution in [3.63, 3.8) is 0 Å². The Balaban J connectivity index is -0.000000720. The molecule has 0 saturated heterocycles. The third kappa shape index (κ3) is 1.99. The van der Waals surface area contributed by atoms with Crippen LogP contribution in [-0.2, 0) is 66.1 Å².